The molecule has 0 saturated heterocycles. The maximum atomic E-state index is 14.5. The number of nitrogens with zero attached hydrogens (tertiary/aromatic N) is 1. The second kappa shape index (κ2) is 14.5. The number of esters is 1. The molecule has 9 heteroatoms. The van der Waals surface area contributed by atoms with Crippen LogP contribution in [0.4, 0.5) is 4.79 Å². The van der Waals surface area contributed by atoms with Gasteiger partial charge in [-0.15, -0.1) is 0 Å². The number of rotatable bonds is 11. The van der Waals surface area contributed by atoms with Gasteiger partial charge in [0.2, 0.25) is 11.8 Å². The summed E-state index contributed by atoms with van der Waals surface area (Å²) < 4.78 is 11.2. The number of benzene rings is 2. The van der Waals surface area contributed by atoms with E-state index in [2.05, 4.69) is 10.6 Å². The Morgan fingerprint density at radius 3 is 1.91 bits per heavy atom. The first kappa shape index (κ1) is 35.6. The van der Waals surface area contributed by atoms with E-state index in [4.69, 9.17) is 9.47 Å². The van der Waals surface area contributed by atoms with Crippen LogP contribution >= 0.6 is 0 Å². The highest BCUT2D eigenvalue weighted by molar-refractivity contribution is 5.94. The molecule has 0 spiro atoms. The number of ether oxygens (including phenoxy) is 2. The van der Waals surface area contributed by atoms with E-state index in [0.29, 0.717) is 12.0 Å². The summed E-state index contributed by atoms with van der Waals surface area (Å²) in [6, 6.07) is 13.6. The van der Waals surface area contributed by atoms with E-state index >= 15 is 0 Å². The van der Waals surface area contributed by atoms with Crippen LogP contribution < -0.4 is 10.6 Å². The number of amides is 3. The normalized spacial score (nSPS) is 18.3. The zero-order valence-corrected chi connectivity index (χ0v) is 28.5. The second-order valence-electron chi connectivity index (χ2n) is 14.5. The largest absolute Gasteiger partial charge is 0.458 e. The van der Waals surface area contributed by atoms with E-state index in [9.17, 15) is 19.2 Å². The van der Waals surface area contributed by atoms with Gasteiger partial charge in [0.25, 0.3) is 0 Å². The van der Waals surface area contributed by atoms with Crippen molar-refractivity contribution in [3.8, 4) is 0 Å². The molecule has 0 aromatic heterocycles. The Hall–Kier alpha value is -3.88. The molecule has 1 aliphatic rings. The fourth-order valence-corrected chi connectivity index (χ4v) is 5.13. The van der Waals surface area contributed by atoms with Gasteiger partial charge in [-0.25, -0.2) is 9.59 Å². The topological polar surface area (TPSA) is 114 Å². The van der Waals surface area contributed by atoms with Crippen LogP contribution in [0, 0.1) is 18.8 Å². The lowest BCUT2D eigenvalue weighted by atomic mass is 9.97. The minimum atomic E-state index is -1.06. The molecule has 0 aliphatic heterocycles. The highest BCUT2D eigenvalue weighted by Crippen LogP contribution is 2.41. The molecule has 2 aromatic carbocycles. The Labute approximate surface area is 268 Å². The van der Waals surface area contributed by atoms with Crippen molar-refractivity contribution in [2.75, 3.05) is 0 Å². The quantitative estimate of drug-likeness (QED) is 0.303. The average molecular weight is 622 g/mol. The van der Waals surface area contributed by atoms with E-state index in [1.54, 1.807) is 46.4 Å². The Morgan fingerprint density at radius 2 is 1.42 bits per heavy atom. The summed E-state index contributed by atoms with van der Waals surface area (Å²) in [4.78, 5) is 56.8. The van der Waals surface area contributed by atoms with Gasteiger partial charge in [0.15, 0.2) is 0 Å². The molecular formula is C36H51N3O6. The lowest BCUT2D eigenvalue weighted by Gasteiger charge is -2.36. The third-order valence-electron chi connectivity index (χ3n) is 7.49. The highest BCUT2D eigenvalue weighted by atomic mass is 16.6. The van der Waals surface area contributed by atoms with Crippen molar-refractivity contribution >= 4 is 23.9 Å². The third-order valence-corrected chi connectivity index (χ3v) is 7.49. The number of aryl methyl sites for hydroxylation is 1. The van der Waals surface area contributed by atoms with Gasteiger partial charge in [0.05, 0.1) is 0 Å². The minimum Gasteiger partial charge on any atom is -0.458 e. The molecule has 2 aromatic rings. The fraction of sp³-hybridized carbons (Fsp3) is 0.556. The summed E-state index contributed by atoms with van der Waals surface area (Å²) in [6.07, 6.45) is 0.214. The van der Waals surface area contributed by atoms with Gasteiger partial charge in [0.1, 0.15) is 29.3 Å². The van der Waals surface area contributed by atoms with Gasteiger partial charge in [-0.2, -0.15) is 0 Å². The van der Waals surface area contributed by atoms with Crippen molar-refractivity contribution in [3.63, 3.8) is 0 Å². The molecule has 0 heterocycles. The molecule has 9 nitrogen and oxygen atoms in total. The summed E-state index contributed by atoms with van der Waals surface area (Å²) >= 11 is 0. The lowest BCUT2D eigenvalue weighted by Crippen LogP contribution is -2.57. The Kier molecular flexibility index (Phi) is 11.5. The predicted octanol–water partition coefficient (Wildman–Crippen LogP) is 5.89. The average Bonchev–Trinajstić information content (AvgIpc) is 3.64. The van der Waals surface area contributed by atoms with Crippen LogP contribution in [0.2, 0.25) is 0 Å². The smallest absolute Gasteiger partial charge is 0.408 e. The molecule has 2 N–H and O–H groups in total. The summed E-state index contributed by atoms with van der Waals surface area (Å²) in [5, 5.41) is 5.72. The number of carbonyl (C=O) groups excluding carboxylic acids is 4. The molecule has 246 valence electrons. The van der Waals surface area contributed by atoms with Gasteiger partial charge in [-0.1, -0.05) is 80.9 Å². The molecule has 0 bridgehead atoms. The minimum absolute atomic E-state index is 0.148. The predicted molar refractivity (Wildman–Crippen MR) is 174 cm³/mol. The van der Waals surface area contributed by atoms with E-state index in [-0.39, 0.29) is 30.2 Å². The summed E-state index contributed by atoms with van der Waals surface area (Å²) in [7, 11) is 0. The molecule has 1 aliphatic carbocycles. The molecule has 3 rings (SSSR count). The fourth-order valence-electron chi connectivity index (χ4n) is 5.13. The number of hydrogen-bond donors (Lipinski definition) is 2. The maximum absolute atomic E-state index is 14.5. The van der Waals surface area contributed by atoms with Crippen LogP contribution in [0.25, 0.3) is 0 Å². The standard InChI is InChI=1S/C36H51N3O6/c1-22(2)29(38-34(43)45-36(8,9)10)32(41)39(28-20-24(28)4)30(26-18-16-23(3)17-19-26)31(40)37-27(33(42)44-35(5,6)7)21-25-14-12-11-13-15-25/h11-19,22,24,27-30H,20-21H2,1-10H3,(H,37,40)(H,38,43). The Balaban J connectivity index is 2.05. The first-order chi connectivity index (χ1) is 20.9. The zero-order chi connectivity index (χ0) is 33.7. The van der Waals surface area contributed by atoms with E-state index in [0.717, 1.165) is 11.1 Å². The van der Waals surface area contributed by atoms with Gasteiger partial charge in [0, 0.05) is 12.5 Å². The van der Waals surface area contributed by atoms with Crippen molar-refractivity contribution in [1.82, 2.24) is 15.5 Å². The van der Waals surface area contributed by atoms with E-state index in [1.807, 2.05) is 82.3 Å². The van der Waals surface area contributed by atoms with Crippen molar-refractivity contribution in [1.29, 1.82) is 0 Å². The van der Waals surface area contributed by atoms with Crippen molar-refractivity contribution in [2.24, 2.45) is 11.8 Å². The Morgan fingerprint density at radius 1 is 0.867 bits per heavy atom. The Bertz CT molecular complexity index is 1330. The van der Waals surface area contributed by atoms with Crippen molar-refractivity contribution in [3.05, 3.63) is 71.3 Å². The summed E-state index contributed by atoms with van der Waals surface area (Å²) in [5.41, 5.74) is 0.937. The van der Waals surface area contributed by atoms with Crippen LogP contribution in [0.3, 0.4) is 0 Å². The summed E-state index contributed by atoms with van der Waals surface area (Å²) in [5.74, 6) is -1.60. The number of nitrogens with one attached hydrogen (secondary N) is 2. The maximum Gasteiger partial charge on any atom is 0.408 e. The molecule has 0 radical (unpaired) electrons. The molecule has 45 heavy (non-hydrogen) atoms. The van der Waals surface area contributed by atoms with Crippen molar-refractivity contribution < 1.29 is 28.7 Å². The second-order valence-corrected chi connectivity index (χ2v) is 14.5. The van der Waals surface area contributed by atoms with E-state index < -0.39 is 47.3 Å². The SMILES string of the molecule is Cc1ccc(C(C(=O)NC(Cc2ccccc2)C(=O)OC(C)(C)C)N(C(=O)C(NC(=O)OC(C)(C)C)C(C)C)C2CC2C)cc1. The molecule has 5 atom stereocenters. The van der Waals surface area contributed by atoms with Gasteiger partial charge < -0.3 is 25.0 Å². The van der Waals surface area contributed by atoms with Crippen LogP contribution in [0.5, 0.6) is 0 Å². The van der Waals surface area contributed by atoms with E-state index in [1.165, 1.54) is 0 Å². The van der Waals surface area contributed by atoms with Crippen molar-refractivity contribution in [2.45, 2.75) is 117 Å². The van der Waals surface area contributed by atoms with Gasteiger partial charge in [-0.05, 0) is 77.8 Å². The van der Waals surface area contributed by atoms with Crippen LogP contribution in [-0.2, 0) is 30.3 Å². The van der Waals surface area contributed by atoms with Gasteiger partial charge in [-0.3, -0.25) is 9.59 Å². The monoisotopic (exact) mass is 621 g/mol. The molecule has 3 amide bonds. The lowest BCUT2D eigenvalue weighted by molar-refractivity contribution is -0.159. The van der Waals surface area contributed by atoms with Crippen LogP contribution in [0.1, 0.15) is 91.5 Å². The van der Waals surface area contributed by atoms with Crippen LogP contribution in [0.15, 0.2) is 54.6 Å². The zero-order valence-electron chi connectivity index (χ0n) is 28.5. The number of carbonyl (C=O) groups is 4. The molecule has 5 unspecified atom stereocenters. The molecule has 1 saturated carbocycles. The number of alkyl carbamates (subject to hydrolysis) is 1. The first-order valence-corrected chi connectivity index (χ1v) is 15.8. The molecular weight excluding hydrogens is 570 g/mol. The summed E-state index contributed by atoms with van der Waals surface area (Å²) in [6.45, 7) is 18.3. The number of hydrogen-bond acceptors (Lipinski definition) is 6. The molecule has 1 fully saturated rings. The first-order valence-electron chi connectivity index (χ1n) is 15.8. The van der Waals surface area contributed by atoms with Crippen LogP contribution in [-0.4, -0.2) is 58.1 Å². The van der Waals surface area contributed by atoms with Gasteiger partial charge >= 0.3 is 12.1 Å². The third kappa shape index (κ3) is 10.6. The highest BCUT2D eigenvalue weighted by Gasteiger charge is 2.49.